The van der Waals surface area contributed by atoms with Crippen molar-refractivity contribution in [2.45, 2.75) is 12.8 Å². The second-order valence-electron chi connectivity index (χ2n) is 4.27. The number of rotatable bonds is 4. The van der Waals surface area contributed by atoms with E-state index < -0.39 is 12.5 Å². The fraction of sp³-hybridized carbons (Fsp3) is 0.200. The van der Waals surface area contributed by atoms with Crippen LogP contribution in [0, 0.1) is 12.7 Å². The van der Waals surface area contributed by atoms with E-state index in [0.717, 1.165) is 0 Å². The number of halogens is 3. The number of hydrogen-bond acceptors (Lipinski definition) is 1. The lowest BCUT2D eigenvalue weighted by molar-refractivity contribution is -0.0467. The van der Waals surface area contributed by atoms with Crippen molar-refractivity contribution in [3.05, 3.63) is 65.5 Å². The van der Waals surface area contributed by atoms with Crippen LogP contribution in [0.25, 0.3) is 0 Å². The molecule has 0 radical (unpaired) electrons. The van der Waals surface area contributed by atoms with E-state index in [1.165, 1.54) is 30.3 Å². The van der Waals surface area contributed by atoms with Crippen molar-refractivity contribution >= 4 is 0 Å². The molecule has 0 amide bonds. The lowest BCUT2D eigenvalue weighted by Crippen LogP contribution is -2.23. The summed E-state index contributed by atoms with van der Waals surface area (Å²) in [5.41, 5.74) is 0.259. The van der Waals surface area contributed by atoms with E-state index in [2.05, 4.69) is 0 Å². The molecule has 0 N–H and O–H groups in total. The number of ether oxygens (including phenoxy) is 1. The van der Waals surface area contributed by atoms with Crippen molar-refractivity contribution in [1.82, 2.24) is 0 Å². The zero-order valence-corrected chi connectivity index (χ0v) is 10.4. The Morgan fingerprint density at radius 1 is 1.05 bits per heavy atom. The largest absolute Gasteiger partial charge is 0.487 e. The van der Waals surface area contributed by atoms with Gasteiger partial charge in [-0.05, 0) is 30.7 Å². The zero-order chi connectivity index (χ0) is 13.9. The first kappa shape index (κ1) is 13.5. The molecule has 0 unspecified atom stereocenters. The van der Waals surface area contributed by atoms with Crippen LogP contribution in [-0.2, 0) is 5.92 Å². The van der Waals surface area contributed by atoms with Gasteiger partial charge in [-0.1, -0.05) is 30.3 Å². The predicted molar refractivity (Wildman–Crippen MR) is 67.0 cm³/mol. The van der Waals surface area contributed by atoms with Crippen LogP contribution in [0.2, 0.25) is 0 Å². The zero-order valence-electron chi connectivity index (χ0n) is 10.4. The van der Waals surface area contributed by atoms with Crippen molar-refractivity contribution in [2.75, 3.05) is 6.61 Å². The molecule has 19 heavy (non-hydrogen) atoms. The summed E-state index contributed by atoms with van der Waals surface area (Å²) in [6.45, 7) is 0.777. The van der Waals surface area contributed by atoms with E-state index in [9.17, 15) is 13.2 Å². The molecule has 0 atom stereocenters. The minimum absolute atomic E-state index is 0.103. The topological polar surface area (TPSA) is 9.23 Å². The van der Waals surface area contributed by atoms with E-state index in [1.807, 2.05) is 0 Å². The lowest BCUT2D eigenvalue weighted by Gasteiger charge is -2.17. The maximum Gasteiger partial charge on any atom is 0.306 e. The van der Waals surface area contributed by atoms with Gasteiger partial charge in [0.15, 0.2) is 6.61 Å². The monoisotopic (exact) mass is 266 g/mol. The molecular formula is C15H13F3O. The van der Waals surface area contributed by atoms with Gasteiger partial charge in [0, 0.05) is 5.56 Å². The average Bonchev–Trinajstić information content (AvgIpc) is 2.41. The quantitative estimate of drug-likeness (QED) is 0.801. The summed E-state index contributed by atoms with van der Waals surface area (Å²) in [5.74, 6) is -3.24. The third-order valence-corrected chi connectivity index (χ3v) is 2.75. The van der Waals surface area contributed by atoms with E-state index in [4.69, 9.17) is 4.74 Å². The fourth-order valence-electron chi connectivity index (χ4n) is 1.65. The summed E-state index contributed by atoms with van der Waals surface area (Å²) >= 11 is 0. The Kier molecular flexibility index (Phi) is 3.79. The van der Waals surface area contributed by atoms with Gasteiger partial charge in [0.2, 0.25) is 0 Å². The van der Waals surface area contributed by atoms with Crippen molar-refractivity contribution in [3.63, 3.8) is 0 Å². The summed E-state index contributed by atoms with van der Waals surface area (Å²) in [5, 5.41) is 0. The summed E-state index contributed by atoms with van der Waals surface area (Å²) in [4.78, 5) is 0. The second kappa shape index (κ2) is 5.34. The summed E-state index contributed by atoms with van der Waals surface area (Å²) in [6.07, 6.45) is 0. The van der Waals surface area contributed by atoms with Gasteiger partial charge in [-0.15, -0.1) is 0 Å². The Labute approximate surface area is 109 Å². The van der Waals surface area contributed by atoms with Gasteiger partial charge >= 0.3 is 5.92 Å². The van der Waals surface area contributed by atoms with Gasteiger partial charge in [0.25, 0.3) is 0 Å². The van der Waals surface area contributed by atoms with Crippen molar-refractivity contribution in [1.29, 1.82) is 0 Å². The number of aryl methyl sites for hydroxylation is 1. The van der Waals surface area contributed by atoms with Crippen molar-refractivity contribution in [3.8, 4) is 5.75 Å². The third-order valence-electron chi connectivity index (χ3n) is 2.75. The molecule has 0 aromatic heterocycles. The maximum atomic E-state index is 13.8. The fourth-order valence-corrected chi connectivity index (χ4v) is 1.65. The van der Waals surface area contributed by atoms with Crippen LogP contribution < -0.4 is 4.74 Å². The highest BCUT2D eigenvalue weighted by atomic mass is 19.3. The molecule has 0 bridgehead atoms. The number of alkyl halides is 2. The van der Waals surface area contributed by atoms with Gasteiger partial charge in [-0.25, -0.2) is 4.39 Å². The molecule has 2 aromatic rings. The van der Waals surface area contributed by atoms with Crippen LogP contribution in [0.15, 0.2) is 48.5 Å². The molecule has 0 aliphatic rings. The van der Waals surface area contributed by atoms with Gasteiger partial charge in [0.05, 0.1) is 0 Å². The Bertz CT molecular complexity index is 553. The van der Waals surface area contributed by atoms with Crippen molar-refractivity contribution < 1.29 is 17.9 Å². The lowest BCUT2D eigenvalue weighted by atomic mass is 10.1. The molecule has 100 valence electrons. The summed E-state index contributed by atoms with van der Waals surface area (Å²) in [6, 6.07) is 11.4. The molecule has 0 saturated heterocycles. The maximum absolute atomic E-state index is 13.8. The Morgan fingerprint density at radius 2 is 1.74 bits per heavy atom. The highest BCUT2D eigenvalue weighted by molar-refractivity contribution is 5.29. The highest BCUT2D eigenvalue weighted by Gasteiger charge is 2.32. The molecule has 0 heterocycles. The van der Waals surface area contributed by atoms with Gasteiger partial charge in [-0.3, -0.25) is 0 Å². The van der Waals surface area contributed by atoms with Gasteiger partial charge in [0.1, 0.15) is 11.6 Å². The molecular weight excluding hydrogens is 253 g/mol. The normalized spacial score (nSPS) is 11.4. The molecule has 2 aromatic carbocycles. The third kappa shape index (κ3) is 3.28. The Hall–Kier alpha value is -1.97. The molecule has 0 aliphatic carbocycles. The predicted octanol–water partition coefficient (Wildman–Crippen LogP) is 4.30. The first-order valence-corrected chi connectivity index (χ1v) is 5.81. The molecule has 0 fully saturated rings. The smallest absolute Gasteiger partial charge is 0.306 e. The molecule has 2 rings (SSSR count). The van der Waals surface area contributed by atoms with Crippen LogP contribution in [0.4, 0.5) is 13.2 Å². The minimum Gasteiger partial charge on any atom is -0.487 e. The van der Waals surface area contributed by atoms with Crippen LogP contribution >= 0.6 is 0 Å². The highest BCUT2D eigenvalue weighted by Crippen LogP contribution is 2.29. The first-order valence-electron chi connectivity index (χ1n) is 5.81. The van der Waals surface area contributed by atoms with Crippen LogP contribution in [0.3, 0.4) is 0 Å². The summed E-state index contributed by atoms with van der Waals surface area (Å²) in [7, 11) is 0. The Morgan fingerprint density at radius 3 is 2.37 bits per heavy atom. The van der Waals surface area contributed by atoms with Crippen LogP contribution in [-0.4, -0.2) is 6.61 Å². The van der Waals surface area contributed by atoms with E-state index in [1.54, 1.807) is 25.1 Å². The van der Waals surface area contributed by atoms with E-state index in [-0.39, 0.29) is 17.1 Å². The van der Waals surface area contributed by atoms with Crippen LogP contribution in [0.5, 0.6) is 5.75 Å². The second-order valence-corrected chi connectivity index (χ2v) is 4.27. The van der Waals surface area contributed by atoms with E-state index in [0.29, 0.717) is 5.56 Å². The Balaban J connectivity index is 2.07. The van der Waals surface area contributed by atoms with Crippen molar-refractivity contribution in [2.24, 2.45) is 0 Å². The molecule has 0 aliphatic heterocycles. The molecule has 4 heteroatoms. The average molecular weight is 266 g/mol. The number of hydrogen-bond donors (Lipinski definition) is 0. The van der Waals surface area contributed by atoms with E-state index >= 15 is 0 Å². The SMILES string of the molecule is Cc1cc(OCC(F)(F)c2ccccc2)ccc1F. The molecule has 0 saturated carbocycles. The molecule has 0 spiro atoms. The van der Waals surface area contributed by atoms with Gasteiger partial charge < -0.3 is 4.74 Å². The molecule has 1 nitrogen and oxygen atoms in total. The van der Waals surface area contributed by atoms with Crippen LogP contribution in [0.1, 0.15) is 11.1 Å². The number of benzene rings is 2. The summed E-state index contributed by atoms with van der Waals surface area (Å²) < 4.78 is 45.7. The standard InChI is InChI=1S/C15H13F3O/c1-11-9-13(7-8-14(11)16)19-10-15(17,18)12-5-3-2-4-6-12/h2-9H,10H2,1H3. The van der Waals surface area contributed by atoms with Gasteiger partial charge in [-0.2, -0.15) is 8.78 Å². The first-order chi connectivity index (χ1) is 8.99. The minimum atomic E-state index is -3.08.